The second kappa shape index (κ2) is 11.3. The van der Waals surface area contributed by atoms with Crippen LogP contribution < -0.4 is 15.4 Å². The van der Waals surface area contributed by atoms with Crippen molar-refractivity contribution in [2.24, 2.45) is 0 Å². The highest BCUT2D eigenvalue weighted by Gasteiger charge is 2.28. The maximum atomic E-state index is 14.5. The van der Waals surface area contributed by atoms with E-state index >= 15 is 0 Å². The normalized spacial score (nSPS) is 14.3. The van der Waals surface area contributed by atoms with Crippen molar-refractivity contribution < 1.29 is 18.7 Å². The molecule has 3 aromatic rings. The molecule has 0 atom stereocenters. The number of hydrogen-bond acceptors (Lipinski definition) is 5. The fourth-order valence-corrected chi connectivity index (χ4v) is 4.43. The van der Waals surface area contributed by atoms with E-state index in [2.05, 4.69) is 27.2 Å². The number of likely N-dealkylation sites (tertiary alicyclic amines) is 1. The molecule has 0 aliphatic carbocycles. The van der Waals surface area contributed by atoms with Gasteiger partial charge in [-0.25, -0.2) is 4.39 Å². The van der Waals surface area contributed by atoms with E-state index in [1.54, 1.807) is 37.7 Å². The summed E-state index contributed by atoms with van der Waals surface area (Å²) in [6.07, 6.45) is 7.53. The van der Waals surface area contributed by atoms with Crippen LogP contribution >= 0.6 is 11.6 Å². The molecule has 8 nitrogen and oxygen atoms in total. The van der Waals surface area contributed by atoms with Gasteiger partial charge in [0, 0.05) is 43.5 Å². The van der Waals surface area contributed by atoms with E-state index in [1.165, 1.54) is 12.1 Å². The van der Waals surface area contributed by atoms with Crippen LogP contribution in [-0.2, 0) is 11.2 Å². The number of pyridine rings is 1. The molecule has 2 aliphatic heterocycles. The van der Waals surface area contributed by atoms with Crippen LogP contribution in [0.3, 0.4) is 0 Å². The molecule has 36 heavy (non-hydrogen) atoms. The van der Waals surface area contributed by atoms with Gasteiger partial charge in [0.25, 0.3) is 5.91 Å². The van der Waals surface area contributed by atoms with Gasteiger partial charge in [0.2, 0.25) is 5.91 Å². The molecule has 10 heteroatoms. The summed E-state index contributed by atoms with van der Waals surface area (Å²) >= 11 is 5.90. The number of halogens is 2. The van der Waals surface area contributed by atoms with E-state index in [9.17, 15) is 14.0 Å². The Labute approximate surface area is 213 Å². The Hall–Kier alpha value is -3.85. The molecule has 5 rings (SSSR count). The average Bonchev–Trinajstić information content (AvgIpc) is 3.56. The number of nitrogens with zero attached hydrogens (tertiary/aromatic N) is 2. The molecule has 0 radical (unpaired) electrons. The summed E-state index contributed by atoms with van der Waals surface area (Å²) in [5.74, 6) is -0.201. The first-order valence-electron chi connectivity index (χ1n) is 11.6. The average molecular weight is 512 g/mol. The van der Waals surface area contributed by atoms with E-state index in [1.807, 2.05) is 4.90 Å². The Kier molecular flexibility index (Phi) is 7.90. The summed E-state index contributed by atoms with van der Waals surface area (Å²) in [4.78, 5) is 32.5. The van der Waals surface area contributed by atoms with Crippen LogP contribution in [0.1, 0.15) is 28.9 Å². The first-order valence-corrected chi connectivity index (χ1v) is 12.0. The Balaban J connectivity index is 0.000000286. The molecule has 0 saturated carbocycles. The zero-order valence-electron chi connectivity index (χ0n) is 19.9. The van der Waals surface area contributed by atoms with Gasteiger partial charge in [0.1, 0.15) is 5.75 Å². The molecule has 2 aromatic heterocycles. The summed E-state index contributed by atoms with van der Waals surface area (Å²) in [7, 11) is 1.54. The maximum Gasteiger partial charge on any atom is 0.255 e. The molecule has 0 spiro atoms. The Morgan fingerprint density at radius 2 is 2.08 bits per heavy atom. The van der Waals surface area contributed by atoms with E-state index in [0.29, 0.717) is 41.2 Å². The standard InChI is InChI=1S/C19H16ClFN4O2.C7H11NO/c1-27-14-9-22-7-5-10(14)17-18(15-12(24-17)6-8-23-19(15)26)25-13-4-2-3-11(20)16(13)21;1-2-7(9)8-5-3-4-6-8/h2-5,7,9,24-25H,6,8H2,1H3,(H,23,26);2H,1,3-6H2. The van der Waals surface area contributed by atoms with Crippen molar-refractivity contribution >= 4 is 34.8 Å². The number of nitrogens with one attached hydrogen (secondary N) is 3. The minimum Gasteiger partial charge on any atom is -0.494 e. The van der Waals surface area contributed by atoms with Gasteiger partial charge in [0.15, 0.2) is 5.82 Å². The largest absolute Gasteiger partial charge is 0.494 e. The number of H-pyrrole nitrogens is 1. The number of rotatable bonds is 5. The fourth-order valence-electron chi connectivity index (χ4n) is 4.26. The zero-order chi connectivity index (χ0) is 25.7. The minimum absolute atomic E-state index is 0.00287. The number of fused-ring (bicyclic) bond motifs is 1. The number of aromatic nitrogens is 2. The van der Waals surface area contributed by atoms with Crippen molar-refractivity contribution in [3.05, 3.63) is 71.4 Å². The third-order valence-electron chi connectivity index (χ3n) is 6.04. The van der Waals surface area contributed by atoms with Crippen LogP contribution in [-0.4, -0.2) is 53.4 Å². The molecule has 0 unspecified atom stereocenters. The predicted octanol–water partition coefficient (Wildman–Crippen LogP) is 4.70. The third kappa shape index (κ3) is 5.21. The number of carbonyl (C=O) groups is 2. The lowest BCUT2D eigenvalue weighted by Crippen LogP contribution is -2.31. The highest BCUT2D eigenvalue weighted by molar-refractivity contribution is 6.31. The molecule has 3 N–H and O–H groups in total. The van der Waals surface area contributed by atoms with Gasteiger partial charge in [-0.15, -0.1) is 0 Å². The number of anilines is 2. The third-order valence-corrected chi connectivity index (χ3v) is 6.33. The predicted molar refractivity (Wildman–Crippen MR) is 137 cm³/mol. The molecule has 0 bridgehead atoms. The van der Waals surface area contributed by atoms with Gasteiger partial charge in [-0.1, -0.05) is 24.2 Å². The van der Waals surface area contributed by atoms with Crippen molar-refractivity contribution in [1.29, 1.82) is 0 Å². The quantitative estimate of drug-likeness (QED) is 0.431. The van der Waals surface area contributed by atoms with Crippen molar-refractivity contribution in [2.45, 2.75) is 19.3 Å². The van der Waals surface area contributed by atoms with Crippen molar-refractivity contribution in [3.63, 3.8) is 0 Å². The number of methoxy groups -OCH3 is 1. The van der Waals surface area contributed by atoms with Crippen molar-refractivity contribution in [3.8, 4) is 17.0 Å². The maximum absolute atomic E-state index is 14.5. The van der Waals surface area contributed by atoms with Gasteiger partial charge < -0.3 is 25.3 Å². The molecular formula is C26H27ClFN5O3. The molecule has 188 valence electrons. The number of aromatic amines is 1. The first kappa shape index (κ1) is 25.2. The molecule has 2 amide bonds. The molecular weight excluding hydrogens is 485 g/mol. The van der Waals surface area contributed by atoms with E-state index in [0.717, 1.165) is 31.6 Å². The molecule has 1 saturated heterocycles. The number of ether oxygens (including phenoxy) is 1. The van der Waals surface area contributed by atoms with E-state index < -0.39 is 5.82 Å². The van der Waals surface area contributed by atoms with Crippen LogP contribution in [0.15, 0.2) is 49.3 Å². The van der Waals surface area contributed by atoms with Crippen LogP contribution in [0.5, 0.6) is 5.75 Å². The monoisotopic (exact) mass is 511 g/mol. The first-order chi connectivity index (χ1) is 17.4. The number of amides is 2. The van der Waals surface area contributed by atoms with E-state index in [4.69, 9.17) is 16.3 Å². The van der Waals surface area contributed by atoms with Gasteiger partial charge in [-0.3, -0.25) is 14.6 Å². The Morgan fingerprint density at radius 3 is 2.81 bits per heavy atom. The molecule has 4 heterocycles. The second-order valence-electron chi connectivity index (χ2n) is 8.27. The van der Waals surface area contributed by atoms with Crippen LogP contribution in [0.2, 0.25) is 5.02 Å². The molecule has 2 aliphatic rings. The lowest BCUT2D eigenvalue weighted by atomic mass is 10.0. The Bertz CT molecular complexity index is 1290. The summed E-state index contributed by atoms with van der Waals surface area (Å²) in [5.41, 5.74) is 3.20. The number of hydrogen-bond donors (Lipinski definition) is 3. The van der Waals surface area contributed by atoms with Crippen LogP contribution in [0.4, 0.5) is 15.8 Å². The zero-order valence-corrected chi connectivity index (χ0v) is 20.6. The summed E-state index contributed by atoms with van der Waals surface area (Å²) in [6, 6.07) is 6.44. The highest BCUT2D eigenvalue weighted by Crippen LogP contribution is 2.40. The van der Waals surface area contributed by atoms with Gasteiger partial charge in [0.05, 0.1) is 41.0 Å². The number of carbonyl (C=O) groups excluding carboxylic acids is 2. The minimum atomic E-state index is -0.585. The lowest BCUT2D eigenvalue weighted by molar-refractivity contribution is -0.124. The van der Waals surface area contributed by atoms with Crippen LogP contribution in [0.25, 0.3) is 11.3 Å². The Morgan fingerprint density at radius 1 is 1.31 bits per heavy atom. The summed E-state index contributed by atoms with van der Waals surface area (Å²) < 4.78 is 19.9. The van der Waals surface area contributed by atoms with Gasteiger partial charge in [-0.05, 0) is 37.1 Å². The highest BCUT2D eigenvalue weighted by atomic mass is 35.5. The van der Waals surface area contributed by atoms with Crippen molar-refractivity contribution in [1.82, 2.24) is 20.2 Å². The molecule has 1 aromatic carbocycles. The second-order valence-corrected chi connectivity index (χ2v) is 8.68. The molecule has 1 fully saturated rings. The summed E-state index contributed by atoms with van der Waals surface area (Å²) in [6.45, 7) is 5.79. The van der Waals surface area contributed by atoms with E-state index in [-0.39, 0.29) is 22.5 Å². The summed E-state index contributed by atoms with van der Waals surface area (Å²) in [5, 5.41) is 5.86. The SMILES string of the molecule is C=CC(=O)N1CCCC1.COc1cnccc1-c1[nH]c2c(c1Nc1cccc(Cl)c1F)C(=O)NCC2. The topological polar surface area (TPSA) is 99.3 Å². The van der Waals surface area contributed by atoms with Gasteiger partial charge >= 0.3 is 0 Å². The number of benzene rings is 1. The van der Waals surface area contributed by atoms with Crippen molar-refractivity contribution in [2.75, 3.05) is 32.1 Å². The van der Waals surface area contributed by atoms with Crippen LogP contribution in [0, 0.1) is 5.82 Å². The van der Waals surface area contributed by atoms with Gasteiger partial charge in [-0.2, -0.15) is 0 Å². The fraction of sp³-hybridized carbons (Fsp3) is 0.269. The lowest BCUT2D eigenvalue weighted by Gasteiger charge is -2.16. The smallest absolute Gasteiger partial charge is 0.255 e.